The molecule has 1 atom stereocenters. The number of nitrogens with zero attached hydrogens (tertiary/aromatic N) is 2. The van der Waals surface area contributed by atoms with Gasteiger partial charge in [-0.2, -0.15) is 0 Å². The van der Waals surface area contributed by atoms with E-state index in [0.29, 0.717) is 16.7 Å². The lowest BCUT2D eigenvalue weighted by molar-refractivity contribution is 0.139. The molecule has 1 aromatic heterocycles. The molecule has 0 spiro atoms. The minimum atomic E-state index is -3.35. The van der Waals surface area contributed by atoms with Crippen LogP contribution in [0.15, 0.2) is 16.3 Å². The topological polar surface area (TPSA) is 52.7 Å². The fraction of sp³-hybridized carbons (Fsp3) is 0.733. The molecular weight excluding hydrogens is 318 g/mol. The van der Waals surface area contributed by atoms with E-state index in [1.165, 1.54) is 11.3 Å². The van der Waals surface area contributed by atoms with Crippen LogP contribution in [0.5, 0.6) is 0 Å². The van der Waals surface area contributed by atoms with Crippen LogP contribution in [-0.2, 0) is 16.4 Å². The second kappa shape index (κ2) is 7.88. The van der Waals surface area contributed by atoms with Gasteiger partial charge in [0.2, 0.25) is 10.0 Å². The van der Waals surface area contributed by atoms with Crippen molar-refractivity contribution in [3.05, 3.63) is 17.0 Å². The molecule has 0 amide bonds. The first kappa shape index (κ1) is 17.9. The fourth-order valence-electron chi connectivity index (χ4n) is 2.55. The Bertz CT molecular complexity index is 563. The van der Waals surface area contributed by atoms with E-state index in [2.05, 4.69) is 28.5 Å². The Morgan fingerprint density at radius 2 is 1.95 bits per heavy atom. The predicted octanol–water partition coefficient (Wildman–Crippen LogP) is 1.47. The third-order valence-corrected chi connectivity index (χ3v) is 7.18. The Morgan fingerprint density at radius 1 is 1.27 bits per heavy atom. The monoisotopic (exact) mass is 345 g/mol. The Labute approximate surface area is 138 Å². The van der Waals surface area contributed by atoms with E-state index in [1.54, 1.807) is 6.07 Å². The molecule has 1 N–H and O–H groups in total. The molecule has 1 aliphatic heterocycles. The quantitative estimate of drug-likeness (QED) is 0.813. The molecule has 0 saturated carbocycles. The molecule has 1 aromatic rings. The van der Waals surface area contributed by atoms with E-state index in [0.717, 1.165) is 44.0 Å². The van der Waals surface area contributed by atoms with E-state index in [1.807, 2.05) is 13.0 Å². The summed E-state index contributed by atoms with van der Waals surface area (Å²) in [6.45, 7) is 9.90. The average Bonchev–Trinajstić information content (AvgIpc) is 2.98. The Balaban J connectivity index is 1.81. The highest BCUT2D eigenvalue weighted by Gasteiger charge is 2.20. The molecule has 22 heavy (non-hydrogen) atoms. The van der Waals surface area contributed by atoms with Crippen LogP contribution in [0.1, 0.15) is 18.7 Å². The van der Waals surface area contributed by atoms with Crippen LogP contribution in [0.2, 0.25) is 0 Å². The molecule has 7 heteroatoms. The zero-order valence-corrected chi connectivity index (χ0v) is 15.3. The molecule has 5 nitrogen and oxygen atoms in total. The second-order valence-electron chi connectivity index (χ2n) is 6.14. The van der Waals surface area contributed by atoms with E-state index in [4.69, 9.17) is 0 Å². The maximum atomic E-state index is 12.3. The first-order valence-corrected chi connectivity index (χ1v) is 10.2. The third-order valence-electron chi connectivity index (χ3n) is 4.04. The van der Waals surface area contributed by atoms with Crippen molar-refractivity contribution in [2.45, 2.75) is 24.5 Å². The molecule has 0 aromatic carbocycles. The van der Waals surface area contributed by atoms with Gasteiger partial charge < -0.3 is 9.80 Å². The van der Waals surface area contributed by atoms with Crippen LogP contribution in [0.3, 0.4) is 0 Å². The van der Waals surface area contributed by atoms with Crippen LogP contribution in [0.4, 0.5) is 0 Å². The van der Waals surface area contributed by atoms with Crippen molar-refractivity contribution in [3.8, 4) is 0 Å². The molecule has 1 fully saturated rings. The van der Waals surface area contributed by atoms with E-state index in [9.17, 15) is 8.42 Å². The van der Waals surface area contributed by atoms with Gasteiger partial charge in [-0.1, -0.05) is 13.8 Å². The highest BCUT2D eigenvalue weighted by atomic mass is 32.2. The average molecular weight is 346 g/mol. The van der Waals surface area contributed by atoms with E-state index in [-0.39, 0.29) is 0 Å². The van der Waals surface area contributed by atoms with E-state index >= 15 is 0 Å². The minimum Gasteiger partial charge on any atom is -0.304 e. The van der Waals surface area contributed by atoms with Gasteiger partial charge in [0.15, 0.2) is 0 Å². The lowest BCUT2D eigenvalue weighted by Crippen LogP contribution is -2.46. The van der Waals surface area contributed by atoms with Crippen molar-refractivity contribution < 1.29 is 8.42 Å². The summed E-state index contributed by atoms with van der Waals surface area (Å²) in [7, 11) is -1.21. The first-order chi connectivity index (χ1) is 10.4. The number of hydrogen-bond acceptors (Lipinski definition) is 5. The maximum Gasteiger partial charge on any atom is 0.250 e. The summed E-state index contributed by atoms with van der Waals surface area (Å²) in [5.41, 5.74) is 0. The van der Waals surface area contributed by atoms with Gasteiger partial charge in [0.1, 0.15) is 4.21 Å². The van der Waals surface area contributed by atoms with Crippen LogP contribution < -0.4 is 4.72 Å². The van der Waals surface area contributed by atoms with Gasteiger partial charge in [-0.05, 0) is 31.5 Å². The highest BCUT2D eigenvalue weighted by Crippen LogP contribution is 2.21. The smallest absolute Gasteiger partial charge is 0.250 e. The largest absolute Gasteiger partial charge is 0.304 e. The zero-order valence-electron chi connectivity index (χ0n) is 13.7. The fourth-order valence-corrected chi connectivity index (χ4v) is 5.06. The SMILES string of the molecule is CCc1ccc(S(=O)(=O)NCC(C)CN2CCN(C)CC2)s1. The summed E-state index contributed by atoms with van der Waals surface area (Å²) in [4.78, 5) is 5.84. The van der Waals surface area contributed by atoms with Crippen molar-refractivity contribution in [2.24, 2.45) is 5.92 Å². The van der Waals surface area contributed by atoms with Gasteiger partial charge in [-0.15, -0.1) is 11.3 Å². The van der Waals surface area contributed by atoms with Crippen molar-refractivity contribution in [1.82, 2.24) is 14.5 Å². The number of piperazine rings is 1. The van der Waals surface area contributed by atoms with Crippen molar-refractivity contribution in [1.29, 1.82) is 0 Å². The molecular formula is C15H27N3O2S2. The lowest BCUT2D eigenvalue weighted by atomic mass is 10.1. The standard InChI is InChI=1S/C15H27N3O2S2/c1-4-14-5-6-15(21-14)22(19,20)16-11-13(2)12-18-9-7-17(3)8-10-18/h5-6,13,16H,4,7-12H2,1-3H3. The van der Waals surface area contributed by atoms with Crippen molar-refractivity contribution in [3.63, 3.8) is 0 Å². The zero-order chi connectivity index (χ0) is 16.2. The number of rotatable bonds is 7. The summed E-state index contributed by atoms with van der Waals surface area (Å²) in [6.07, 6.45) is 0.875. The van der Waals surface area contributed by atoms with Gasteiger partial charge in [0.25, 0.3) is 0 Å². The summed E-state index contributed by atoms with van der Waals surface area (Å²) < 4.78 is 27.7. The number of hydrogen-bond donors (Lipinski definition) is 1. The normalized spacial score (nSPS) is 19.4. The molecule has 126 valence electrons. The lowest BCUT2D eigenvalue weighted by Gasteiger charge is -2.33. The summed E-state index contributed by atoms with van der Waals surface area (Å²) in [6, 6.07) is 3.60. The van der Waals surface area contributed by atoms with Crippen molar-refractivity contribution >= 4 is 21.4 Å². The summed E-state index contributed by atoms with van der Waals surface area (Å²) in [5, 5.41) is 0. The number of aryl methyl sites for hydroxylation is 1. The Morgan fingerprint density at radius 3 is 2.55 bits per heavy atom. The van der Waals surface area contributed by atoms with Gasteiger partial charge in [-0.25, -0.2) is 13.1 Å². The number of likely N-dealkylation sites (N-methyl/N-ethyl adjacent to an activating group) is 1. The maximum absolute atomic E-state index is 12.3. The molecule has 1 saturated heterocycles. The highest BCUT2D eigenvalue weighted by molar-refractivity contribution is 7.91. The second-order valence-corrected chi connectivity index (χ2v) is 9.30. The molecule has 0 bridgehead atoms. The molecule has 0 radical (unpaired) electrons. The minimum absolute atomic E-state index is 0.309. The van der Waals surface area contributed by atoms with Crippen LogP contribution in [-0.4, -0.2) is 64.5 Å². The molecule has 2 rings (SSSR count). The first-order valence-electron chi connectivity index (χ1n) is 7.90. The van der Waals surface area contributed by atoms with Gasteiger partial charge >= 0.3 is 0 Å². The summed E-state index contributed by atoms with van der Waals surface area (Å²) in [5.74, 6) is 0.309. The third kappa shape index (κ3) is 5.03. The Hall–Kier alpha value is -0.470. The number of sulfonamides is 1. The summed E-state index contributed by atoms with van der Waals surface area (Å²) >= 11 is 1.36. The van der Waals surface area contributed by atoms with Crippen LogP contribution in [0, 0.1) is 5.92 Å². The molecule has 2 heterocycles. The van der Waals surface area contributed by atoms with Crippen LogP contribution >= 0.6 is 11.3 Å². The van der Waals surface area contributed by atoms with Crippen molar-refractivity contribution in [2.75, 3.05) is 46.3 Å². The predicted molar refractivity (Wildman–Crippen MR) is 92.0 cm³/mol. The molecule has 0 aliphatic carbocycles. The molecule has 1 unspecified atom stereocenters. The van der Waals surface area contributed by atoms with Crippen LogP contribution in [0.25, 0.3) is 0 Å². The van der Waals surface area contributed by atoms with Gasteiger partial charge in [0.05, 0.1) is 0 Å². The van der Waals surface area contributed by atoms with Gasteiger partial charge in [0, 0.05) is 44.1 Å². The Kier molecular flexibility index (Phi) is 6.40. The van der Waals surface area contributed by atoms with Gasteiger partial charge in [-0.3, -0.25) is 0 Å². The van der Waals surface area contributed by atoms with E-state index < -0.39 is 10.0 Å². The number of nitrogens with one attached hydrogen (secondary N) is 1. The molecule has 1 aliphatic rings. The number of thiophene rings is 1.